The molecule has 19 nitrogen and oxygen atoms in total. The van der Waals surface area contributed by atoms with Gasteiger partial charge in [-0.25, -0.2) is 0 Å². The lowest BCUT2D eigenvalue weighted by Gasteiger charge is -2.26. The predicted octanol–water partition coefficient (Wildman–Crippen LogP) is 8.36. The van der Waals surface area contributed by atoms with Crippen molar-refractivity contribution in [2.24, 2.45) is 16.8 Å². The van der Waals surface area contributed by atoms with Crippen molar-refractivity contribution in [3.05, 3.63) is 136 Å². The Balaban J connectivity index is 0.749. The number of unbranched alkanes of at least 4 members (excludes halogenated alkanes) is 2. The summed E-state index contributed by atoms with van der Waals surface area (Å²) in [6.07, 6.45) is 10.6. The Morgan fingerprint density at radius 2 is 1.39 bits per heavy atom. The average Bonchev–Trinajstić information content (AvgIpc) is 4.32. The molecule has 5 heterocycles. The minimum atomic E-state index is -4.59. The number of ketones is 1. The monoisotopic (exact) mass is 1140 g/mol. The number of anilines is 1. The lowest BCUT2D eigenvalue weighted by Crippen LogP contribution is -2.45. The van der Waals surface area contributed by atoms with Crippen molar-refractivity contribution in [2.75, 3.05) is 32.2 Å². The molecule has 4 aromatic rings. The number of imide groups is 1. The van der Waals surface area contributed by atoms with Crippen LogP contribution in [0.1, 0.15) is 121 Å². The van der Waals surface area contributed by atoms with Crippen LogP contribution in [0, 0.1) is 25.7 Å². The molecule has 0 radical (unpaired) electrons. The van der Waals surface area contributed by atoms with Gasteiger partial charge in [-0.3, -0.25) is 48.0 Å². The molecule has 5 unspecified atom stereocenters. The normalized spacial score (nSPS) is 18.9. The molecule has 0 aliphatic carbocycles. The highest BCUT2D eigenvalue weighted by atomic mass is 32.2. The van der Waals surface area contributed by atoms with Crippen LogP contribution >= 0.6 is 0 Å². The van der Waals surface area contributed by atoms with Crippen LogP contribution in [0.5, 0.6) is 17.2 Å². The summed E-state index contributed by atoms with van der Waals surface area (Å²) in [6, 6.07) is 19.8. The fourth-order valence-corrected chi connectivity index (χ4v) is 12.0. The molecule has 5 aliphatic rings. The topological polar surface area (TPSA) is 248 Å². The number of methoxy groups -OCH3 is 1. The summed E-state index contributed by atoms with van der Waals surface area (Å²) < 4.78 is 54.3. The van der Waals surface area contributed by atoms with E-state index in [4.69, 9.17) is 19.2 Å². The quantitative estimate of drug-likeness (QED) is 0.0359. The number of fused-ring (bicyclic) bond motifs is 4. The van der Waals surface area contributed by atoms with Crippen molar-refractivity contribution in [3.63, 3.8) is 0 Å². The molecule has 430 valence electrons. The summed E-state index contributed by atoms with van der Waals surface area (Å²) in [5.41, 5.74) is 7.31. The molecule has 0 aromatic heterocycles. The van der Waals surface area contributed by atoms with Crippen LogP contribution in [0.2, 0.25) is 0 Å². The van der Waals surface area contributed by atoms with Gasteiger partial charge in [0.1, 0.15) is 11.0 Å². The molecular weight excluding hydrogens is 1070 g/mol. The Morgan fingerprint density at radius 1 is 0.744 bits per heavy atom. The van der Waals surface area contributed by atoms with Crippen LogP contribution in [0.25, 0.3) is 11.1 Å². The van der Waals surface area contributed by atoms with Crippen molar-refractivity contribution >= 4 is 80.1 Å². The van der Waals surface area contributed by atoms with E-state index < -0.39 is 39.3 Å². The van der Waals surface area contributed by atoms with Crippen molar-refractivity contribution in [3.8, 4) is 17.2 Å². The zero-order valence-electron chi connectivity index (χ0n) is 46.8. The van der Waals surface area contributed by atoms with Gasteiger partial charge in [-0.1, -0.05) is 69.2 Å². The lowest BCUT2D eigenvalue weighted by molar-refractivity contribution is -0.137. The third-order valence-electron chi connectivity index (χ3n) is 15.6. The molecule has 0 fully saturated rings. The maximum absolute atomic E-state index is 14.1. The minimum Gasteiger partial charge on any atom is -0.493 e. The molecule has 9 rings (SSSR count). The fourth-order valence-electron chi connectivity index (χ4n) is 11.0. The summed E-state index contributed by atoms with van der Waals surface area (Å²) >= 11 is 0. The van der Waals surface area contributed by atoms with Crippen molar-refractivity contribution in [2.45, 2.75) is 116 Å². The van der Waals surface area contributed by atoms with Gasteiger partial charge in [0.15, 0.2) is 17.3 Å². The van der Waals surface area contributed by atoms with Crippen molar-refractivity contribution < 1.29 is 60.7 Å². The summed E-state index contributed by atoms with van der Waals surface area (Å²) in [4.78, 5) is 100. The maximum Gasteiger partial charge on any atom is 0.270 e. The van der Waals surface area contributed by atoms with E-state index in [9.17, 15) is 46.5 Å². The first-order chi connectivity index (χ1) is 39.2. The number of aliphatic imine (C=N–C) groups is 1. The number of benzene rings is 4. The highest BCUT2D eigenvalue weighted by Crippen LogP contribution is 2.42. The molecule has 20 heteroatoms. The van der Waals surface area contributed by atoms with E-state index in [2.05, 4.69) is 10.6 Å². The zero-order chi connectivity index (χ0) is 58.6. The largest absolute Gasteiger partial charge is 0.493 e. The van der Waals surface area contributed by atoms with Gasteiger partial charge in [-0.2, -0.15) is 8.42 Å². The van der Waals surface area contributed by atoms with Crippen LogP contribution < -0.4 is 24.8 Å². The molecule has 0 saturated carbocycles. The number of Topliss-reactive ketones (excluding diaryl/α,β-unsaturated/α-hetero) is 1. The molecule has 0 bridgehead atoms. The zero-order valence-corrected chi connectivity index (χ0v) is 47.6. The summed E-state index contributed by atoms with van der Waals surface area (Å²) in [5.74, 6) is -1.91. The van der Waals surface area contributed by atoms with E-state index in [-0.39, 0.29) is 104 Å². The first-order valence-corrected chi connectivity index (χ1v) is 29.2. The summed E-state index contributed by atoms with van der Waals surface area (Å²) in [5, 5.41) is 4.45. The number of rotatable bonds is 23. The number of hydrogen-bond donors (Lipinski definition) is 3. The maximum atomic E-state index is 14.1. The molecule has 0 spiro atoms. The highest BCUT2D eigenvalue weighted by Gasteiger charge is 2.45. The van der Waals surface area contributed by atoms with Crippen molar-refractivity contribution in [1.29, 1.82) is 0 Å². The Labute approximate surface area is 477 Å². The van der Waals surface area contributed by atoms with Gasteiger partial charge in [0.25, 0.3) is 33.7 Å². The molecule has 82 heavy (non-hydrogen) atoms. The number of nitrogens with zero attached hydrogens (tertiary/aromatic N) is 4. The second kappa shape index (κ2) is 24.9. The van der Waals surface area contributed by atoms with Gasteiger partial charge in [0, 0.05) is 86.2 Å². The average molecular weight is 1140 g/mol. The number of ether oxygens (including phenoxy) is 3. The van der Waals surface area contributed by atoms with E-state index in [0.717, 1.165) is 33.4 Å². The number of carbonyl (C=O) groups excluding carboxylic acids is 7. The Morgan fingerprint density at radius 3 is 2.06 bits per heavy atom. The highest BCUT2D eigenvalue weighted by molar-refractivity contribution is 7.86. The summed E-state index contributed by atoms with van der Waals surface area (Å²) in [7, 11) is -3.13. The predicted molar refractivity (Wildman–Crippen MR) is 308 cm³/mol. The van der Waals surface area contributed by atoms with Gasteiger partial charge < -0.3 is 34.6 Å². The van der Waals surface area contributed by atoms with Crippen LogP contribution in [0.15, 0.2) is 102 Å². The molecular formula is C62H68N6O13S. The Bertz CT molecular complexity index is 3420. The number of amides is 6. The summed E-state index contributed by atoms with van der Waals surface area (Å²) in [6.45, 7) is 9.85. The first-order valence-electron chi connectivity index (χ1n) is 27.7. The van der Waals surface area contributed by atoms with Crippen LogP contribution in [-0.2, 0) is 40.5 Å². The van der Waals surface area contributed by atoms with Crippen LogP contribution in [-0.4, -0.2) is 125 Å². The molecule has 5 aliphatic heterocycles. The Kier molecular flexibility index (Phi) is 17.7. The molecule has 4 aromatic carbocycles. The van der Waals surface area contributed by atoms with Crippen LogP contribution in [0.3, 0.4) is 0 Å². The van der Waals surface area contributed by atoms with Gasteiger partial charge in [-0.15, -0.1) is 0 Å². The molecule has 6 amide bonds. The lowest BCUT2D eigenvalue weighted by atomic mass is 9.92. The van der Waals surface area contributed by atoms with Gasteiger partial charge in [-0.05, 0) is 109 Å². The second-order valence-electron chi connectivity index (χ2n) is 21.9. The van der Waals surface area contributed by atoms with Gasteiger partial charge in [0.05, 0.1) is 49.7 Å². The Hall–Kier alpha value is -8.23. The van der Waals surface area contributed by atoms with E-state index in [1.807, 2.05) is 70.3 Å². The minimum absolute atomic E-state index is 0.0745. The standard InChI is InChI=1S/C62H68N6O13S/c1-36(2)59(65-56(70)11-8-7-9-22-66-57(71)20-21-58(66)72)51(69)26-39(5)60(73)64-45-18-16-41(17-19-45)43-27-46-33-63-49-32-52(38(4)25-48(49)62(75)67(46)34-43)80-23-10-24-81-54-29-42-30-55(82(76,77)78)50-28-44(40-14-12-37(3)13-15-40)35-68(50)61(74)47(42)31-53(54)79-6/h12-21,25,29,31-36,39,46,50,55,59H,7-11,22-24,26-28,30H2,1-6H3,(H,64,73)(H,65,70)(H,76,77,78). The van der Waals surface area contributed by atoms with E-state index in [1.165, 1.54) is 29.1 Å². The number of nitrogens with one attached hydrogen (secondary N) is 2. The third-order valence-corrected chi connectivity index (χ3v) is 16.9. The third kappa shape index (κ3) is 13.1. The first kappa shape index (κ1) is 58.4. The van der Waals surface area contributed by atoms with Gasteiger partial charge >= 0.3 is 0 Å². The van der Waals surface area contributed by atoms with Crippen molar-refractivity contribution in [1.82, 2.24) is 20.0 Å². The molecule has 0 saturated heterocycles. The number of carbonyl (C=O) groups is 7. The van der Waals surface area contributed by atoms with E-state index >= 15 is 0 Å². The smallest absolute Gasteiger partial charge is 0.270 e. The number of hydrogen-bond acceptors (Lipinski definition) is 13. The van der Waals surface area contributed by atoms with Crippen LogP contribution in [0.4, 0.5) is 11.4 Å². The van der Waals surface area contributed by atoms with E-state index in [1.54, 1.807) is 60.6 Å². The van der Waals surface area contributed by atoms with Gasteiger partial charge in [0.2, 0.25) is 11.8 Å². The molecule has 5 atom stereocenters. The van der Waals surface area contributed by atoms with E-state index in [0.29, 0.717) is 66.1 Å². The SMILES string of the molecule is COc1cc2c(cc1OCCCOc1cc3c(cc1C)C(=O)N1C=C(c4ccc(NC(=O)C(C)CC(=O)C(NC(=O)CCCCCN5C(=O)C=CC5=O)C(C)C)cc4)CC1C=N3)CC(S(=O)(=O)O)C1CC(c3ccc(C)cc3)=CN1C2=O. The number of aryl methyl sites for hydroxylation is 2. The molecule has 3 N–H and O–H groups in total. The second-order valence-corrected chi connectivity index (χ2v) is 23.6. The fraction of sp³-hybridized carbons (Fsp3) is 0.387.